The average Bonchev–Trinajstić information content (AvgIpc) is 3.15. The summed E-state index contributed by atoms with van der Waals surface area (Å²) in [7, 11) is 1.70. The molecule has 1 aromatic heterocycles. The quantitative estimate of drug-likeness (QED) is 0.904. The molecule has 1 aliphatic carbocycles. The minimum atomic E-state index is -0.482. The van der Waals surface area contributed by atoms with E-state index in [9.17, 15) is 9.18 Å². The summed E-state index contributed by atoms with van der Waals surface area (Å²) in [5.74, 6) is -0.0758. The van der Waals surface area contributed by atoms with Crippen LogP contribution < -0.4 is 5.32 Å². The molecule has 2 aromatic rings. The molecule has 1 heterocycles. The summed E-state index contributed by atoms with van der Waals surface area (Å²) in [6.45, 7) is 2.68. The van der Waals surface area contributed by atoms with E-state index in [1.165, 1.54) is 10.7 Å². The lowest BCUT2D eigenvalue weighted by atomic mass is 9.79. The van der Waals surface area contributed by atoms with Crippen molar-refractivity contribution in [3.63, 3.8) is 0 Å². The largest absolute Gasteiger partial charge is 0.376 e. The summed E-state index contributed by atoms with van der Waals surface area (Å²) in [4.78, 5) is 12.4. The van der Waals surface area contributed by atoms with Gasteiger partial charge in [0.1, 0.15) is 11.5 Å². The fourth-order valence-corrected chi connectivity index (χ4v) is 3.33. The van der Waals surface area contributed by atoms with Crippen LogP contribution in [0.1, 0.15) is 43.0 Å². The Labute approximate surface area is 147 Å². The number of carbonyl (C=O) groups is 1. The van der Waals surface area contributed by atoms with Crippen molar-refractivity contribution < 1.29 is 13.9 Å². The molecule has 1 amide bonds. The number of nitrogens with one attached hydrogen (secondary N) is 1. The van der Waals surface area contributed by atoms with E-state index in [1.807, 2.05) is 0 Å². The number of hydrogen-bond acceptors (Lipinski definition) is 3. The molecule has 0 atom stereocenters. The number of carbonyl (C=O) groups excluding carboxylic acids is 1. The summed E-state index contributed by atoms with van der Waals surface area (Å²) in [6.07, 6.45) is 7.28. The number of hydrogen-bond donors (Lipinski definition) is 1. The van der Waals surface area contributed by atoms with Crippen LogP contribution in [-0.2, 0) is 4.74 Å². The molecule has 25 heavy (non-hydrogen) atoms. The molecule has 0 aliphatic heterocycles. The van der Waals surface area contributed by atoms with Crippen molar-refractivity contribution in [2.45, 2.75) is 38.2 Å². The topological polar surface area (TPSA) is 56.1 Å². The maximum atomic E-state index is 14.3. The molecule has 1 fully saturated rings. The number of aromatic nitrogens is 2. The van der Waals surface area contributed by atoms with Crippen molar-refractivity contribution in [3.8, 4) is 5.69 Å². The van der Waals surface area contributed by atoms with E-state index in [1.54, 1.807) is 37.7 Å². The number of halogens is 1. The minimum absolute atomic E-state index is 0.291. The molecule has 3 rings (SSSR count). The average molecular weight is 345 g/mol. The zero-order valence-corrected chi connectivity index (χ0v) is 14.7. The third-order valence-corrected chi connectivity index (χ3v) is 5.15. The Kier molecular flexibility index (Phi) is 5.18. The van der Waals surface area contributed by atoms with Gasteiger partial charge in [-0.2, -0.15) is 5.10 Å². The lowest BCUT2D eigenvalue weighted by molar-refractivity contribution is -0.0446. The number of benzene rings is 1. The van der Waals surface area contributed by atoms with Crippen LogP contribution in [0, 0.1) is 11.7 Å². The van der Waals surface area contributed by atoms with Crippen LogP contribution >= 0.6 is 0 Å². The molecule has 5 nitrogen and oxygen atoms in total. The summed E-state index contributed by atoms with van der Waals surface area (Å²) < 4.78 is 21.4. The number of methoxy groups -OCH3 is 1. The summed E-state index contributed by atoms with van der Waals surface area (Å²) in [6, 6.07) is 6.13. The first-order chi connectivity index (χ1) is 12.0. The van der Waals surface area contributed by atoms with Gasteiger partial charge in [0.25, 0.3) is 5.91 Å². The fraction of sp³-hybridized carbons (Fsp3) is 0.474. The normalized spacial score (nSPS) is 23.4. The second-order valence-electron chi connectivity index (χ2n) is 6.87. The molecule has 134 valence electrons. The minimum Gasteiger partial charge on any atom is -0.376 e. The predicted octanol–water partition coefficient (Wildman–Crippen LogP) is 3.34. The van der Waals surface area contributed by atoms with Gasteiger partial charge >= 0.3 is 0 Å². The van der Waals surface area contributed by atoms with Crippen molar-refractivity contribution in [1.29, 1.82) is 0 Å². The van der Waals surface area contributed by atoms with Crippen LogP contribution in [0.25, 0.3) is 5.69 Å². The van der Waals surface area contributed by atoms with Crippen molar-refractivity contribution in [2.24, 2.45) is 5.92 Å². The van der Waals surface area contributed by atoms with Gasteiger partial charge in [0, 0.05) is 31.6 Å². The van der Waals surface area contributed by atoms with E-state index in [-0.39, 0.29) is 11.5 Å². The second-order valence-corrected chi connectivity index (χ2v) is 6.87. The first-order valence-electron chi connectivity index (χ1n) is 8.66. The van der Waals surface area contributed by atoms with E-state index >= 15 is 0 Å². The van der Waals surface area contributed by atoms with Crippen molar-refractivity contribution in [1.82, 2.24) is 15.1 Å². The smallest absolute Gasteiger partial charge is 0.251 e. The first-order valence-corrected chi connectivity index (χ1v) is 8.66. The summed E-state index contributed by atoms with van der Waals surface area (Å²) in [5, 5.41) is 6.91. The van der Waals surface area contributed by atoms with Gasteiger partial charge < -0.3 is 10.1 Å². The predicted molar refractivity (Wildman–Crippen MR) is 93.2 cm³/mol. The van der Waals surface area contributed by atoms with Crippen LogP contribution in [0.5, 0.6) is 0 Å². The van der Waals surface area contributed by atoms with Gasteiger partial charge in [-0.15, -0.1) is 0 Å². The molecule has 0 saturated heterocycles. The molecular formula is C19H24FN3O2. The SMILES string of the molecule is COC1(CNC(=O)c2ccc(-n3cccn3)c(F)c2)CCC(C)CC1. The van der Waals surface area contributed by atoms with Crippen LogP contribution in [0.2, 0.25) is 0 Å². The molecule has 0 spiro atoms. The van der Waals surface area contributed by atoms with Gasteiger partial charge in [0.2, 0.25) is 0 Å². The highest BCUT2D eigenvalue weighted by molar-refractivity contribution is 5.94. The van der Waals surface area contributed by atoms with Crippen LogP contribution in [-0.4, -0.2) is 34.9 Å². The van der Waals surface area contributed by atoms with Crippen LogP contribution in [0.4, 0.5) is 4.39 Å². The maximum Gasteiger partial charge on any atom is 0.251 e. The molecule has 1 saturated carbocycles. The van der Waals surface area contributed by atoms with E-state index in [0.29, 0.717) is 23.7 Å². The standard InChI is InChI=1S/C19H24FN3O2/c1-14-6-8-19(25-2,9-7-14)13-21-18(24)15-4-5-17(16(20)12-15)23-11-3-10-22-23/h3-5,10-12,14H,6-9,13H2,1-2H3,(H,21,24). The Bertz CT molecular complexity index is 722. The van der Waals surface area contributed by atoms with Crippen LogP contribution in [0.3, 0.4) is 0 Å². The van der Waals surface area contributed by atoms with E-state index in [4.69, 9.17) is 4.74 Å². The van der Waals surface area contributed by atoms with E-state index < -0.39 is 5.82 Å². The molecule has 1 aliphatic rings. The zero-order valence-electron chi connectivity index (χ0n) is 14.7. The molecular weight excluding hydrogens is 321 g/mol. The highest BCUT2D eigenvalue weighted by Crippen LogP contribution is 2.33. The lowest BCUT2D eigenvalue weighted by Crippen LogP contribution is -2.46. The Morgan fingerprint density at radius 2 is 2.20 bits per heavy atom. The number of rotatable bonds is 5. The van der Waals surface area contributed by atoms with E-state index in [2.05, 4.69) is 17.3 Å². The number of ether oxygens (including phenoxy) is 1. The Morgan fingerprint density at radius 1 is 1.44 bits per heavy atom. The molecule has 0 radical (unpaired) electrons. The third kappa shape index (κ3) is 3.90. The first kappa shape index (κ1) is 17.6. The van der Waals surface area contributed by atoms with Gasteiger partial charge in [-0.25, -0.2) is 9.07 Å². The third-order valence-electron chi connectivity index (χ3n) is 5.15. The Morgan fingerprint density at radius 3 is 2.80 bits per heavy atom. The second kappa shape index (κ2) is 7.35. The van der Waals surface area contributed by atoms with Gasteiger partial charge in [-0.05, 0) is 55.9 Å². The Hall–Kier alpha value is -2.21. The van der Waals surface area contributed by atoms with Gasteiger partial charge in [0.05, 0.1) is 5.60 Å². The molecule has 1 aromatic carbocycles. The Balaban J connectivity index is 1.66. The highest BCUT2D eigenvalue weighted by Gasteiger charge is 2.34. The number of nitrogens with zero attached hydrogens (tertiary/aromatic N) is 2. The monoisotopic (exact) mass is 345 g/mol. The van der Waals surface area contributed by atoms with Gasteiger partial charge in [-0.1, -0.05) is 6.92 Å². The van der Waals surface area contributed by atoms with Crippen molar-refractivity contribution >= 4 is 5.91 Å². The highest BCUT2D eigenvalue weighted by atomic mass is 19.1. The van der Waals surface area contributed by atoms with Crippen molar-refractivity contribution in [3.05, 3.63) is 48.0 Å². The number of amides is 1. The summed E-state index contributed by atoms with van der Waals surface area (Å²) in [5.41, 5.74) is 0.301. The van der Waals surface area contributed by atoms with Gasteiger partial charge in [0.15, 0.2) is 0 Å². The summed E-state index contributed by atoms with van der Waals surface area (Å²) >= 11 is 0. The maximum absolute atomic E-state index is 14.3. The molecule has 1 N–H and O–H groups in total. The van der Waals surface area contributed by atoms with Crippen molar-refractivity contribution in [2.75, 3.05) is 13.7 Å². The molecule has 0 unspecified atom stereocenters. The van der Waals surface area contributed by atoms with E-state index in [0.717, 1.165) is 25.7 Å². The molecule has 0 bridgehead atoms. The lowest BCUT2D eigenvalue weighted by Gasteiger charge is -2.38. The van der Waals surface area contributed by atoms with Gasteiger partial charge in [-0.3, -0.25) is 4.79 Å². The molecule has 6 heteroatoms. The zero-order chi connectivity index (χ0) is 17.9. The fourth-order valence-electron chi connectivity index (χ4n) is 3.33. The van der Waals surface area contributed by atoms with Crippen LogP contribution in [0.15, 0.2) is 36.7 Å².